The average molecular weight is 437 g/mol. The van der Waals surface area contributed by atoms with Crippen molar-refractivity contribution in [3.63, 3.8) is 0 Å². The number of hydrogen-bond donors (Lipinski definition) is 2. The van der Waals surface area contributed by atoms with Crippen molar-refractivity contribution in [3.05, 3.63) is 42.1 Å². The third-order valence-electron chi connectivity index (χ3n) is 6.76. The molecule has 3 aromatic rings. The van der Waals surface area contributed by atoms with Crippen molar-refractivity contribution in [3.8, 4) is 0 Å². The smallest absolute Gasteiger partial charge is 0.181 e. The molecule has 4 heterocycles. The van der Waals surface area contributed by atoms with E-state index >= 15 is 0 Å². The van der Waals surface area contributed by atoms with Gasteiger partial charge in [0, 0.05) is 37.0 Å². The second-order valence-corrected chi connectivity index (χ2v) is 9.72. The molecule has 0 unspecified atom stereocenters. The van der Waals surface area contributed by atoms with E-state index in [1.807, 2.05) is 6.07 Å². The van der Waals surface area contributed by atoms with Crippen LogP contribution in [-0.4, -0.2) is 38.0 Å². The molecule has 1 spiro atoms. The lowest BCUT2D eigenvalue weighted by molar-refractivity contribution is 0.173. The van der Waals surface area contributed by atoms with Crippen LogP contribution in [0.5, 0.6) is 0 Å². The van der Waals surface area contributed by atoms with Crippen LogP contribution < -0.4 is 16.4 Å². The van der Waals surface area contributed by atoms with Crippen LogP contribution in [0.2, 0.25) is 0 Å². The Balaban J connectivity index is 1.14. The second-order valence-electron chi connectivity index (χ2n) is 8.72. The van der Waals surface area contributed by atoms with Gasteiger partial charge in [-0.1, -0.05) is 0 Å². The van der Waals surface area contributed by atoms with Gasteiger partial charge in [0.1, 0.15) is 27.5 Å². The topological polar surface area (TPSA) is 133 Å². The summed E-state index contributed by atoms with van der Waals surface area (Å²) in [4.78, 5) is 24.8. The third kappa shape index (κ3) is 3.34. The van der Waals surface area contributed by atoms with Crippen molar-refractivity contribution < 1.29 is 4.42 Å². The lowest BCUT2D eigenvalue weighted by atomic mass is 9.73. The van der Waals surface area contributed by atoms with Crippen molar-refractivity contribution >= 4 is 23.4 Å². The monoisotopic (exact) mass is 436 g/mol. The highest BCUT2D eigenvalue weighted by Crippen LogP contribution is 2.50. The summed E-state index contributed by atoms with van der Waals surface area (Å²) in [5.74, 6) is 3.51. The molecule has 31 heavy (non-hydrogen) atoms. The fourth-order valence-corrected chi connectivity index (χ4v) is 5.44. The van der Waals surface area contributed by atoms with E-state index in [4.69, 9.17) is 15.9 Å². The zero-order valence-electron chi connectivity index (χ0n) is 17.1. The Kier molecular flexibility index (Phi) is 4.39. The van der Waals surface area contributed by atoms with E-state index in [1.54, 1.807) is 12.4 Å². The summed E-state index contributed by atoms with van der Waals surface area (Å²) in [5.41, 5.74) is 13.8. The zero-order valence-corrected chi connectivity index (χ0v) is 17.9. The van der Waals surface area contributed by atoms with Crippen molar-refractivity contribution in [2.24, 2.45) is 11.1 Å². The molecule has 160 valence electrons. The van der Waals surface area contributed by atoms with Gasteiger partial charge in [-0.25, -0.2) is 24.9 Å². The van der Waals surface area contributed by atoms with Gasteiger partial charge in [0.2, 0.25) is 0 Å². The molecule has 1 saturated carbocycles. The van der Waals surface area contributed by atoms with Crippen molar-refractivity contribution in [2.45, 2.75) is 54.1 Å². The summed E-state index contributed by atoms with van der Waals surface area (Å²) < 4.78 is 5.53. The normalized spacial score (nSPS) is 22.1. The number of nitrogens with two attached hydrogens (primary N) is 2. The summed E-state index contributed by atoms with van der Waals surface area (Å²) in [5, 5.41) is 1.53. The zero-order chi connectivity index (χ0) is 21.0. The van der Waals surface area contributed by atoms with Crippen LogP contribution >= 0.6 is 11.8 Å². The van der Waals surface area contributed by atoms with Gasteiger partial charge in [-0.15, -0.1) is 0 Å². The molecule has 6 rings (SSSR count). The minimum atomic E-state index is -0.0875. The average Bonchev–Trinajstić information content (AvgIpc) is 3.49. The standard InChI is InChI=1S/C21H24N8OS/c22-17-16-13(26-11-30-16)9-21(17)4-7-29(8-5-21)14-10-25-20(18(23)27-14)31-15-3-6-24-19(28-15)12-1-2-12/h3,6,10-12,17H,1-2,4-5,7-9,22H2,(H2,23,27)/t17-/m1/s1. The maximum absolute atomic E-state index is 6.52. The van der Waals surface area contributed by atoms with E-state index in [9.17, 15) is 0 Å². The van der Waals surface area contributed by atoms with Crippen LogP contribution in [-0.2, 0) is 6.42 Å². The minimum absolute atomic E-state index is 0.0277. The number of aromatic nitrogens is 5. The van der Waals surface area contributed by atoms with Crippen molar-refractivity contribution in [1.82, 2.24) is 24.9 Å². The number of fused-ring (bicyclic) bond motifs is 1. The minimum Gasteiger partial charge on any atom is -0.447 e. The highest BCUT2D eigenvalue weighted by atomic mass is 32.2. The molecule has 1 aliphatic heterocycles. The van der Waals surface area contributed by atoms with Crippen molar-refractivity contribution in [2.75, 3.05) is 23.7 Å². The van der Waals surface area contributed by atoms with Gasteiger partial charge < -0.3 is 20.8 Å². The number of oxazole rings is 1. The van der Waals surface area contributed by atoms with E-state index in [-0.39, 0.29) is 11.5 Å². The molecule has 0 aromatic carbocycles. The summed E-state index contributed by atoms with van der Waals surface area (Å²) in [6.45, 7) is 1.71. The Morgan fingerprint density at radius 1 is 1.13 bits per heavy atom. The summed E-state index contributed by atoms with van der Waals surface area (Å²) >= 11 is 1.44. The molecule has 9 nitrogen and oxygen atoms in total. The molecular weight excluding hydrogens is 412 g/mol. The Morgan fingerprint density at radius 2 is 1.97 bits per heavy atom. The highest BCUT2D eigenvalue weighted by molar-refractivity contribution is 7.99. The number of nitrogen functional groups attached to an aromatic ring is 1. The molecule has 2 fully saturated rings. The van der Waals surface area contributed by atoms with Gasteiger partial charge in [0.25, 0.3) is 0 Å². The van der Waals surface area contributed by atoms with Crippen LogP contribution in [0.4, 0.5) is 11.6 Å². The Bertz CT molecular complexity index is 1120. The molecule has 1 atom stereocenters. The lowest BCUT2D eigenvalue weighted by Gasteiger charge is -2.42. The molecule has 10 heteroatoms. The second kappa shape index (κ2) is 7.16. The van der Waals surface area contributed by atoms with Gasteiger partial charge >= 0.3 is 0 Å². The van der Waals surface area contributed by atoms with Crippen LogP contribution in [0.25, 0.3) is 0 Å². The van der Waals surface area contributed by atoms with E-state index in [2.05, 4.69) is 29.8 Å². The van der Waals surface area contributed by atoms with Gasteiger partial charge in [0.15, 0.2) is 12.2 Å². The summed E-state index contributed by atoms with van der Waals surface area (Å²) in [6.07, 6.45) is 10.3. The SMILES string of the molecule is Nc1nc(N2CCC3(CC2)Cc2ncoc2[C@H]3N)cnc1Sc1ccnc(C2CC2)n1. The van der Waals surface area contributed by atoms with Gasteiger partial charge in [-0.3, -0.25) is 0 Å². The Morgan fingerprint density at radius 3 is 2.71 bits per heavy atom. The van der Waals surface area contributed by atoms with Gasteiger partial charge in [-0.05, 0) is 43.5 Å². The summed E-state index contributed by atoms with van der Waals surface area (Å²) in [6, 6.07) is 1.80. The lowest BCUT2D eigenvalue weighted by Crippen LogP contribution is -2.44. The van der Waals surface area contributed by atoms with Crippen LogP contribution in [0.15, 0.2) is 39.3 Å². The molecule has 3 aliphatic rings. The van der Waals surface area contributed by atoms with E-state index < -0.39 is 0 Å². The molecule has 0 amide bonds. The fraction of sp³-hybridized carbons (Fsp3) is 0.476. The maximum Gasteiger partial charge on any atom is 0.181 e. The predicted molar refractivity (Wildman–Crippen MR) is 116 cm³/mol. The number of hydrogen-bond acceptors (Lipinski definition) is 10. The first-order valence-corrected chi connectivity index (χ1v) is 11.5. The molecular formula is C21H24N8OS. The molecule has 0 bridgehead atoms. The molecule has 0 radical (unpaired) electrons. The van der Waals surface area contributed by atoms with Crippen LogP contribution in [0.1, 0.15) is 54.9 Å². The highest BCUT2D eigenvalue weighted by Gasteiger charge is 2.48. The molecule has 1 saturated heterocycles. The first-order valence-electron chi connectivity index (χ1n) is 10.7. The largest absolute Gasteiger partial charge is 0.447 e. The number of anilines is 2. The van der Waals surface area contributed by atoms with Gasteiger partial charge in [0.05, 0.1) is 17.9 Å². The van der Waals surface area contributed by atoms with Gasteiger partial charge in [-0.2, -0.15) is 0 Å². The number of nitrogens with zero attached hydrogens (tertiary/aromatic N) is 6. The molecule has 4 N–H and O–H groups in total. The molecule has 3 aromatic heterocycles. The summed E-state index contributed by atoms with van der Waals surface area (Å²) in [7, 11) is 0. The fourth-order valence-electron chi connectivity index (χ4n) is 4.72. The first kappa shape index (κ1) is 19.0. The van der Waals surface area contributed by atoms with E-state index in [0.29, 0.717) is 16.8 Å². The van der Waals surface area contributed by atoms with Crippen LogP contribution in [0.3, 0.4) is 0 Å². The van der Waals surface area contributed by atoms with Crippen molar-refractivity contribution in [1.29, 1.82) is 0 Å². The quantitative estimate of drug-likeness (QED) is 0.588. The number of rotatable bonds is 4. The Hall–Kier alpha value is -2.72. The Labute approximate surface area is 184 Å². The first-order chi connectivity index (χ1) is 15.1. The number of piperidine rings is 1. The van der Waals surface area contributed by atoms with E-state index in [1.165, 1.54) is 31.0 Å². The molecule has 2 aliphatic carbocycles. The predicted octanol–water partition coefficient (Wildman–Crippen LogP) is 2.71. The van der Waals surface area contributed by atoms with Crippen LogP contribution in [0, 0.1) is 5.41 Å². The maximum atomic E-state index is 6.52. The van der Waals surface area contributed by atoms with E-state index in [0.717, 1.165) is 60.5 Å². The third-order valence-corrected chi connectivity index (χ3v) is 7.71.